The zero-order valence-electron chi connectivity index (χ0n) is 10.6. The van der Waals surface area contributed by atoms with Crippen molar-refractivity contribution in [3.63, 3.8) is 0 Å². The summed E-state index contributed by atoms with van der Waals surface area (Å²) < 4.78 is 15.9. The highest BCUT2D eigenvalue weighted by molar-refractivity contribution is 5.69. The lowest BCUT2D eigenvalue weighted by Gasteiger charge is -2.40. The molecule has 1 fully saturated rings. The number of ether oxygens (including phenoxy) is 3. The first-order valence-electron chi connectivity index (χ1n) is 5.88. The summed E-state index contributed by atoms with van der Waals surface area (Å²) in [6.07, 6.45) is 1.40. The normalized spacial score (nSPS) is 20.9. The standard InChI is InChI=1S/C12H19NO4/c1-12(2,3)17-11(14)13-6-9(7-13)10-8-15-4-5-16-10/h8-9H,4-7H2,1-3H3. The molecular weight excluding hydrogens is 222 g/mol. The topological polar surface area (TPSA) is 48.0 Å². The molecule has 0 aromatic rings. The van der Waals surface area contributed by atoms with Crippen LogP contribution in [-0.2, 0) is 14.2 Å². The number of carbonyl (C=O) groups is 1. The zero-order chi connectivity index (χ0) is 12.5. The van der Waals surface area contributed by atoms with Crippen molar-refractivity contribution in [1.29, 1.82) is 0 Å². The largest absolute Gasteiger partial charge is 0.494 e. The van der Waals surface area contributed by atoms with Gasteiger partial charge >= 0.3 is 6.09 Å². The van der Waals surface area contributed by atoms with E-state index in [4.69, 9.17) is 14.2 Å². The van der Waals surface area contributed by atoms with Crippen LogP contribution in [-0.4, -0.2) is 42.9 Å². The van der Waals surface area contributed by atoms with Gasteiger partial charge in [-0.3, -0.25) is 0 Å². The van der Waals surface area contributed by atoms with Gasteiger partial charge in [0.2, 0.25) is 0 Å². The fraction of sp³-hybridized carbons (Fsp3) is 0.750. The highest BCUT2D eigenvalue weighted by Gasteiger charge is 2.37. The van der Waals surface area contributed by atoms with Crippen LogP contribution in [0.15, 0.2) is 12.0 Å². The molecule has 2 aliphatic rings. The van der Waals surface area contributed by atoms with Crippen molar-refractivity contribution in [1.82, 2.24) is 4.90 Å². The van der Waals surface area contributed by atoms with Gasteiger partial charge in [0.1, 0.15) is 30.8 Å². The molecule has 0 radical (unpaired) electrons. The summed E-state index contributed by atoms with van der Waals surface area (Å²) in [4.78, 5) is 13.4. The Balaban J connectivity index is 1.78. The zero-order valence-corrected chi connectivity index (χ0v) is 10.6. The molecule has 0 spiro atoms. The van der Waals surface area contributed by atoms with Crippen LogP contribution in [0.3, 0.4) is 0 Å². The van der Waals surface area contributed by atoms with Gasteiger partial charge in [-0.05, 0) is 20.8 Å². The Morgan fingerprint density at radius 3 is 2.65 bits per heavy atom. The Kier molecular flexibility index (Phi) is 3.17. The van der Waals surface area contributed by atoms with Crippen molar-refractivity contribution < 1.29 is 19.0 Å². The predicted molar refractivity (Wildman–Crippen MR) is 61.3 cm³/mol. The van der Waals surface area contributed by atoms with Gasteiger partial charge in [0, 0.05) is 13.1 Å². The summed E-state index contributed by atoms with van der Waals surface area (Å²) >= 11 is 0. The van der Waals surface area contributed by atoms with E-state index in [1.54, 1.807) is 11.2 Å². The molecule has 0 aliphatic carbocycles. The second-order valence-corrected chi connectivity index (χ2v) is 5.32. The van der Waals surface area contributed by atoms with E-state index in [0.29, 0.717) is 26.3 Å². The van der Waals surface area contributed by atoms with Crippen molar-refractivity contribution in [3.05, 3.63) is 12.0 Å². The van der Waals surface area contributed by atoms with Crippen molar-refractivity contribution >= 4 is 6.09 Å². The Morgan fingerprint density at radius 2 is 2.12 bits per heavy atom. The number of likely N-dealkylation sites (tertiary alicyclic amines) is 1. The average Bonchev–Trinajstić information content (AvgIpc) is 2.14. The van der Waals surface area contributed by atoms with Crippen molar-refractivity contribution in [2.24, 2.45) is 5.92 Å². The summed E-state index contributed by atoms with van der Waals surface area (Å²) in [6.45, 7) is 8.07. The summed E-state index contributed by atoms with van der Waals surface area (Å²) in [5.74, 6) is 1.10. The summed E-state index contributed by atoms with van der Waals surface area (Å²) in [5, 5.41) is 0. The molecule has 2 heterocycles. The molecule has 0 atom stereocenters. The number of carbonyl (C=O) groups excluding carboxylic acids is 1. The van der Waals surface area contributed by atoms with Crippen LogP contribution in [0.5, 0.6) is 0 Å². The third kappa shape index (κ3) is 3.05. The van der Waals surface area contributed by atoms with Crippen LogP contribution in [0.1, 0.15) is 20.8 Å². The highest BCUT2D eigenvalue weighted by atomic mass is 16.6. The predicted octanol–water partition coefficient (Wildman–Crippen LogP) is 1.74. The van der Waals surface area contributed by atoms with E-state index in [1.165, 1.54) is 0 Å². The Bertz CT molecular complexity index is 326. The van der Waals surface area contributed by atoms with Crippen LogP contribution in [0, 0.1) is 5.92 Å². The first kappa shape index (κ1) is 12.1. The quantitative estimate of drug-likeness (QED) is 0.701. The van der Waals surface area contributed by atoms with E-state index >= 15 is 0 Å². The monoisotopic (exact) mass is 241 g/mol. The first-order chi connectivity index (χ1) is 7.96. The molecule has 5 nitrogen and oxygen atoms in total. The van der Waals surface area contributed by atoms with E-state index < -0.39 is 5.60 Å². The molecule has 0 saturated carbocycles. The first-order valence-corrected chi connectivity index (χ1v) is 5.88. The Labute approximate surface area is 101 Å². The minimum Gasteiger partial charge on any atom is -0.494 e. The highest BCUT2D eigenvalue weighted by Crippen LogP contribution is 2.27. The molecule has 5 heteroatoms. The maximum atomic E-state index is 11.7. The summed E-state index contributed by atoms with van der Waals surface area (Å²) in [6, 6.07) is 0. The van der Waals surface area contributed by atoms with Crippen LogP contribution in [0.25, 0.3) is 0 Å². The number of hydrogen-bond acceptors (Lipinski definition) is 4. The molecule has 2 aliphatic heterocycles. The summed E-state index contributed by atoms with van der Waals surface area (Å²) in [7, 11) is 0. The van der Waals surface area contributed by atoms with E-state index in [9.17, 15) is 4.79 Å². The molecule has 96 valence electrons. The van der Waals surface area contributed by atoms with Gasteiger partial charge in [0.25, 0.3) is 0 Å². The molecule has 0 aromatic heterocycles. The fourth-order valence-electron chi connectivity index (χ4n) is 1.73. The molecule has 2 rings (SSSR count). The minimum atomic E-state index is -0.439. The molecule has 17 heavy (non-hydrogen) atoms. The lowest BCUT2D eigenvalue weighted by atomic mass is 9.99. The van der Waals surface area contributed by atoms with Crippen LogP contribution in [0.4, 0.5) is 4.79 Å². The van der Waals surface area contributed by atoms with Crippen molar-refractivity contribution in [3.8, 4) is 0 Å². The van der Waals surface area contributed by atoms with E-state index in [-0.39, 0.29) is 12.0 Å². The number of amides is 1. The summed E-state index contributed by atoms with van der Waals surface area (Å²) in [5.41, 5.74) is -0.439. The Hall–Kier alpha value is -1.39. The average molecular weight is 241 g/mol. The van der Waals surface area contributed by atoms with Crippen molar-refractivity contribution in [2.45, 2.75) is 26.4 Å². The minimum absolute atomic E-state index is 0.253. The maximum Gasteiger partial charge on any atom is 0.410 e. The van der Waals surface area contributed by atoms with Gasteiger partial charge in [-0.1, -0.05) is 0 Å². The molecule has 1 amide bonds. The molecular formula is C12H19NO4. The van der Waals surface area contributed by atoms with Crippen molar-refractivity contribution in [2.75, 3.05) is 26.3 Å². The molecule has 0 N–H and O–H groups in total. The molecule has 0 unspecified atom stereocenters. The number of nitrogens with zero attached hydrogens (tertiary/aromatic N) is 1. The van der Waals surface area contributed by atoms with Gasteiger partial charge in [-0.25, -0.2) is 4.79 Å². The maximum absolute atomic E-state index is 11.7. The van der Waals surface area contributed by atoms with Gasteiger partial charge in [0.05, 0.1) is 5.92 Å². The Morgan fingerprint density at radius 1 is 1.41 bits per heavy atom. The third-order valence-corrected chi connectivity index (χ3v) is 2.61. The van der Waals surface area contributed by atoms with Gasteiger partial charge in [-0.2, -0.15) is 0 Å². The van der Waals surface area contributed by atoms with Gasteiger partial charge in [0.15, 0.2) is 0 Å². The molecule has 0 bridgehead atoms. The SMILES string of the molecule is CC(C)(C)OC(=O)N1CC(C2=COCCO2)C1. The molecule has 1 saturated heterocycles. The van der Waals surface area contributed by atoms with E-state index in [1.807, 2.05) is 20.8 Å². The lowest BCUT2D eigenvalue weighted by molar-refractivity contribution is -0.0134. The fourth-order valence-corrected chi connectivity index (χ4v) is 1.73. The van der Waals surface area contributed by atoms with Crippen LogP contribution in [0.2, 0.25) is 0 Å². The van der Waals surface area contributed by atoms with Gasteiger partial charge in [-0.15, -0.1) is 0 Å². The van der Waals surface area contributed by atoms with E-state index in [0.717, 1.165) is 5.76 Å². The van der Waals surface area contributed by atoms with Gasteiger partial charge < -0.3 is 19.1 Å². The smallest absolute Gasteiger partial charge is 0.410 e. The third-order valence-electron chi connectivity index (χ3n) is 2.61. The van der Waals surface area contributed by atoms with E-state index in [2.05, 4.69) is 0 Å². The lowest BCUT2D eigenvalue weighted by Crippen LogP contribution is -2.52. The molecule has 0 aromatic carbocycles. The second-order valence-electron chi connectivity index (χ2n) is 5.32. The van der Waals surface area contributed by atoms with Crippen LogP contribution < -0.4 is 0 Å². The van der Waals surface area contributed by atoms with Crippen LogP contribution >= 0.6 is 0 Å². The number of hydrogen-bond donors (Lipinski definition) is 0. The number of rotatable bonds is 1. The second kappa shape index (κ2) is 4.47.